The lowest BCUT2D eigenvalue weighted by Crippen LogP contribution is -2.16. The molecule has 1 N–H and O–H groups in total. The van der Waals surface area contributed by atoms with E-state index >= 15 is 0 Å². The van der Waals surface area contributed by atoms with Gasteiger partial charge in [-0.25, -0.2) is 0 Å². The van der Waals surface area contributed by atoms with Crippen LogP contribution >= 0.6 is 0 Å². The molecule has 0 atom stereocenters. The number of fused-ring (bicyclic) bond motifs is 8. The lowest BCUT2D eigenvalue weighted by atomic mass is 10.1. The van der Waals surface area contributed by atoms with Crippen LogP contribution in [-0.2, 0) is 32.7 Å². The fourth-order valence-corrected chi connectivity index (χ4v) is 17.6. The number of aryl methyl sites for hydroxylation is 6. The number of furan rings is 1. The van der Waals surface area contributed by atoms with Gasteiger partial charge in [-0.15, -0.1) is 0 Å². The van der Waals surface area contributed by atoms with Crippen molar-refractivity contribution in [2.24, 2.45) is 0 Å². The summed E-state index contributed by atoms with van der Waals surface area (Å²) in [4.78, 5) is 12.6. The van der Waals surface area contributed by atoms with Crippen molar-refractivity contribution in [2.45, 2.75) is 81.2 Å². The average molecular weight is 1810 g/mol. The van der Waals surface area contributed by atoms with Crippen LogP contribution in [0.1, 0.15) is 89.6 Å². The van der Waals surface area contributed by atoms with Gasteiger partial charge in [0.1, 0.15) is 88.0 Å². The number of nitrogens with zero attached hydrogens (tertiary/aromatic N) is 12. The molecule has 2 aliphatic rings. The third-order valence-electron chi connectivity index (χ3n) is 24.0. The van der Waals surface area contributed by atoms with Crippen molar-refractivity contribution in [3.8, 4) is 150 Å². The summed E-state index contributed by atoms with van der Waals surface area (Å²) >= 11 is 0. The number of carbonyl (C=O) groups excluding carboxylic acids is 1. The number of amides is 1. The molecule has 20 rings (SSSR count). The smallest absolute Gasteiger partial charge is 0.256 e. The Hall–Kier alpha value is -17.9. The van der Waals surface area contributed by atoms with Crippen LogP contribution in [0.25, 0.3) is 116 Å². The van der Waals surface area contributed by atoms with Crippen LogP contribution in [-0.4, -0.2) is 96.7 Å². The van der Waals surface area contributed by atoms with Crippen molar-refractivity contribution in [1.82, 2.24) is 27.4 Å². The summed E-state index contributed by atoms with van der Waals surface area (Å²) < 4.78 is 76.5. The van der Waals surface area contributed by atoms with Crippen LogP contribution in [0.3, 0.4) is 0 Å². The van der Waals surface area contributed by atoms with Gasteiger partial charge in [-0.05, 0) is 205 Å². The van der Waals surface area contributed by atoms with Crippen LogP contribution in [0, 0.1) is 81.8 Å². The van der Waals surface area contributed by atoms with Crippen molar-refractivity contribution in [3.63, 3.8) is 0 Å². The van der Waals surface area contributed by atoms with E-state index in [-0.39, 0.29) is 19.5 Å². The Morgan fingerprint density at radius 3 is 1.08 bits per heavy atom. The van der Waals surface area contributed by atoms with Gasteiger partial charge in [0.15, 0.2) is 23.0 Å². The van der Waals surface area contributed by atoms with E-state index in [9.17, 15) is 36.4 Å². The molecule has 0 saturated heterocycles. The van der Waals surface area contributed by atoms with E-state index in [4.69, 9.17) is 56.5 Å². The third kappa shape index (κ3) is 17.9. The molecule has 1 amide bonds. The normalized spacial score (nSPS) is 11.2. The van der Waals surface area contributed by atoms with Crippen LogP contribution in [0.15, 0.2) is 247 Å². The number of benzene rings is 11. The van der Waals surface area contributed by atoms with Gasteiger partial charge < -0.3 is 89.2 Å². The van der Waals surface area contributed by atoms with Crippen LogP contribution < -0.4 is 57.4 Å². The lowest BCUT2D eigenvalue weighted by Gasteiger charge is -2.10. The number of anilines is 1. The molecule has 0 spiro atoms. The van der Waals surface area contributed by atoms with Crippen molar-refractivity contribution < 1.29 is 61.3 Å². The SMILES string of the molecule is CCn1c(-c2ccc(OC)cc2)c(C#N)c2ccc(OC)cc21.CCn1c(-c2ccc3c(c2)OCO3)c(C#N)c2ccc(OC)cc21.CCn1c(-c2ccccc2)c(C#N)c2ccc(OC)cc21.CCn1c(-c2ccoc2)c(C#N)c2ccc(OC)cc21.CCn1c(NC(=O)c2cccc(C)c2)c(C#N)c2ccc(OC)cc21.COc1ccc2c(C#N)c(C)n(-c3ccc4c(c3)OCO4)c2c1. The Balaban J connectivity index is 0.000000124. The zero-order chi connectivity index (χ0) is 96.0. The minimum Gasteiger partial charge on any atom is -0.497 e. The number of nitriles is 6. The number of aromatic nitrogens is 6. The Labute approximate surface area is 786 Å². The summed E-state index contributed by atoms with van der Waals surface area (Å²) in [5, 5.41) is 66.1. The Kier molecular flexibility index (Phi) is 28.3. The minimum atomic E-state index is -0.232. The number of rotatable bonds is 19. The number of methoxy groups -OCH3 is 7. The highest BCUT2D eigenvalue weighted by Gasteiger charge is 2.28. The standard InChI is InChI=1S/C20H19N3O2.C19H16N2O3.C19H18N2O2.C18H14N2O3.C18H16N2O.C16H14N2O2/c1-4-23-18-11-15(25-3)8-9-16(18)17(12-21)19(23)22-20(24)14-7-5-6-13(2)10-14;1-3-21-16-9-13(22-2)5-6-14(16)15(10-20)19(21)12-4-7-17-18(8-12)24-11-23-17;1-4-21-18-11-15(23-3)9-10-16(18)17(12-20)19(21)13-5-7-14(22-2)8-6-13;1-11-15(9-19)14-5-4-13(21-2)8-16(14)20(11)12-3-6-17-18(7-12)23-10-22-17;1-3-20-17-11-14(21-2)9-10-15(17)16(12-19)18(20)13-7-5-4-6-8-13;1-3-18-15-8-12(19-2)4-5-13(15)14(9-17)16(18)11-6-7-20-10-11/h5-11H,4H2,1-3H3,(H,22,24);4-9H,3,11H2,1-2H3;5-11H,4H2,1-3H3;3-8H,10H2,1-2H3;4-11H,3H2,1-2H3;4-8,10H,3H2,1-2H3. The highest BCUT2D eigenvalue weighted by molar-refractivity contribution is 6.08. The van der Waals surface area contributed by atoms with Crippen molar-refractivity contribution >= 4 is 77.1 Å². The molecular weight excluding hydrogens is 1710 g/mol. The molecule has 11 aromatic carbocycles. The molecule has 0 bridgehead atoms. The topological polar surface area (TPSA) is 316 Å². The maximum absolute atomic E-state index is 12.6. The number of ether oxygens (including phenoxy) is 11. The van der Waals surface area contributed by atoms with Gasteiger partial charge in [0.2, 0.25) is 13.6 Å². The van der Waals surface area contributed by atoms with Gasteiger partial charge in [-0.2, -0.15) is 31.6 Å². The molecule has 26 heteroatoms. The second kappa shape index (κ2) is 41.5. The predicted molar refractivity (Wildman–Crippen MR) is 526 cm³/mol. The van der Waals surface area contributed by atoms with Gasteiger partial charge in [0, 0.05) is 136 Å². The van der Waals surface area contributed by atoms with E-state index in [0.717, 1.165) is 205 Å². The van der Waals surface area contributed by atoms with E-state index in [1.807, 2.05) is 254 Å². The summed E-state index contributed by atoms with van der Waals surface area (Å²) in [5.74, 6) is 8.59. The lowest BCUT2D eigenvalue weighted by molar-refractivity contribution is 0.102. The number of hydrogen-bond acceptors (Lipinski definition) is 19. The molecule has 7 aromatic heterocycles. The number of hydrogen-bond donors (Lipinski definition) is 1. The molecule has 0 aliphatic carbocycles. The fourth-order valence-electron chi connectivity index (χ4n) is 17.6. The Morgan fingerprint density at radius 2 is 0.684 bits per heavy atom. The zero-order valence-corrected chi connectivity index (χ0v) is 77.7. The van der Waals surface area contributed by atoms with E-state index < -0.39 is 0 Å². The van der Waals surface area contributed by atoms with Gasteiger partial charge in [-0.3, -0.25) is 4.79 Å². The van der Waals surface area contributed by atoms with Crippen LogP contribution in [0.4, 0.5) is 5.82 Å². The minimum absolute atomic E-state index is 0.232. The molecule has 2 aliphatic heterocycles. The predicted octanol–water partition coefficient (Wildman–Crippen LogP) is 23.8. The summed E-state index contributed by atoms with van der Waals surface area (Å²) in [5.41, 5.74) is 20.7. The Morgan fingerprint density at radius 1 is 0.331 bits per heavy atom. The fraction of sp³-hybridized carbons (Fsp3) is 0.191. The van der Waals surface area contributed by atoms with E-state index in [0.29, 0.717) is 63.0 Å². The van der Waals surface area contributed by atoms with Gasteiger partial charge in [0.25, 0.3) is 5.91 Å². The second-order valence-electron chi connectivity index (χ2n) is 31.1. The molecule has 0 radical (unpaired) electrons. The van der Waals surface area contributed by atoms with Gasteiger partial charge in [-0.1, -0.05) is 48.0 Å². The quantitative estimate of drug-likeness (QED) is 0.0786. The molecule has 9 heterocycles. The van der Waals surface area contributed by atoms with Crippen LogP contribution in [0.5, 0.6) is 63.2 Å². The largest absolute Gasteiger partial charge is 0.497 e. The van der Waals surface area contributed by atoms with Crippen molar-refractivity contribution in [1.29, 1.82) is 31.6 Å². The molecule has 0 saturated carbocycles. The summed E-state index contributed by atoms with van der Waals surface area (Å²) in [6.45, 7) is 18.3. The summed E-state index contributed by atoms with van der Waals surface area (Å²) in [6, 6.07) is 87.1. The van der Waals surface area contributed by atoms with E-state index in [2.05, 4.69) is 87.7 Å². The van der Waals surface area contributed by atoms with E-state index in [1.54, 1.807) is 68.4 Å². The van der Waals surface area contributed by atoms with Gasteiger partial charge >= 0.3 is 0 Å². The van der Waals surface area contributed by atoms with Gasteiger partial charge in [0.05, 0.1) is 146 Å². The second-order valence-corrected chi connectivity index (χ2v) is 31.1. The monoisotopic (exact) mass is 1810 g/mol. The first-order valence-electron chi connectivity index (χ1n) is 43.9. The van der Waals surface area contributed by atoms with Crippen molar-refractivity contribution in [2.75, 3.05) is 68.7 Å². The third-order valence-corrected chi connectivity index (χ3v) is 24.0. The maximum Gasteiger partial charge on any atom is 0.256 e. The average Bonchev–Trinajstić information content (AvgIpc) is 1.69. The molecule has 0 unspecified atom stereocenters. The number of nitrogens with one attached hydrogen (secondary N) is 1. The van der Waals surface area contributed by atoms with Crippen molar-refractivity contribution in [3.05, 3.63) is 293 Å². The number of carbonyl (C=O) groups is 1. The molecule has 26 nitrogen and oxygen atoms in total. The highest BCUT2D eigenvalue weighted by Crippen LogP contribution is 2.45. The molecular formula is C110H97N13O13. The molecule has 680 valence electrons. The zero-order valence-electron chi connectivity index (χ0n) is 77.7. The van der Waals surface area contributed by atoms with E-state index in [1.165, 1.54) is 0 Å². The first-order valence-corrected chi connectivity index (χ1v) is 43.9. The molecule has 136 heavy (non-hydrogen) atoms. The summed E-state index contributed by atoms with van der Waals surface area (Å²) in [7, 11) is 11.5. The first kappa shape index (κ1) is 92.9. The first-order chi connectivity index (χ1) is 66.4. The van der Waals surface area contributed by atoms with Crippen LogP contribution in [0.2, 0.25) is 0 Å². The highest BCUT2D eigenvalue weighted by atomic mass is 16.7. The Bertz CT molecular complexity index is 7820. The molecule has 18 aromatic rings. The molecule has 0 fully saturated rings. The summed E-state index contributed by atoms with van der Waals surface area (Å²) in [6.07, 6.45) is 3.28. The maximum atomic E-state index is 12.6.